The third-order valence-electron chi connectivity index (χ3n) is 4.63. The Morgan fingerprint density at radius 1 is 1.38 bits per heavy atom. The largest absolute Gasteiger partial charge is 0.398 e. The molecule has 2 heterocycles. The Morgan fingerprint density at radius 2 is 2.14 bits per heavy atom. The Morgan fingerprint density at radius 3 is 2.86 bits per heavy atom. The van der Waals surface area contributed by atoms with Crippen molar-refractivity contribution in [3.63, 3.8) is 0 Å². The summed E-state index contributed by atoms with van der Waals surface area (Å²) in [6.07, 6.45) is 2.34. The van der Waals surface area contributed by atoms with Crippen LogP contribution >= 0.6 is 0 Å². The molecule has 0 aliphatic carbocycles. The summed E-state index contributed by atoms with van der Waals surface area (Å²) in [6, 6.07) is 3.35. The lowest BCUT2D eigenvalue weighted by molar-refractivity contribution is 0.100. The average Bonchev–Trinajstić information content (AvgIpc) is 2.84. The standard InChI is InChI=1S/C15H21FN4O/c1-9-7-19-4-2-3-10(19)8-20(9)14-5-11(15(18)21)13(17)6-12(14)16/h5-6,9-10H,2-4,7-8,17H2,1H3,(H2,18,21). The van der Waals surface area contributed by atoms with E-state index in [0.29, 0.717) is 11.7 Å². The van der Waals surface area contributed by atoms with Crippen molar-refractivity contribution in [3.8, 4) is 0 Å². The third kappa shape index (κ3) is 2.44. The fraction of sp³-hybridized carbons (Fsp3) is 0.533. The molecule has 2 atom stereocenters. The van der Waals surface area contributed by atoms with Gasteiger partial charge in [-0.25, -0.2) is 4.39 Å². The number of hydrogen-bond acceptors (Lipinski definition) is 4. The lowest BCUT2D eigenvalue weighted by atomic mass is 10.0. The zero-order valence-electron chi connectivity index (χ0n) is 12.2. The van der Waals surface area contributed by atoms with E-state index < -0.39 is 11.7 Å². The molecule has 0 bridgehead atoms. The minimum absolute atomic E-state index is 0.0934. The van der Waals surface area contributed by atoms with Gasteiger partial charge in [-0.3, -0.25) is 9.69 Å². The van der Waals surface area contributed by atoms with Crippen molar-refractivity contribution < 1.29 is 9.18 Å². The number of nitrogen functional groups attached to an aromatic ring is 1. The number of carbonyl (C=O) groups is 1. The van der Waals surface area contributed by atoms with E-state index in [0.717, 1.165) is 26.1 Å². The molecule has 21 heavy (non-hydrogen) atoms. The molecular weight excluding hydrogens is 271 g/mol. The Hall–Kier alpha value is -1.82. The molecule has 1 aromatic carbocycles. The number of hydrogen-bond donors (Lipinski definition) is 2. The lowest BCUT2D eigenvalue weighted by Gasteiger charge is -2.43. The van der Waals surface area contributed by atoms with Gasteiger partial charge in [0.2, 0.25) is 0 Å². The minimum atomic E-state index is -0.624. The number of nitrogens with zero attached hydrogens (tertiary/aromatic N) is 2. The SMILES string of the molecule is CC1CN2CCCC2CN1c1cc(C(N)=O)c(N)cc1F. The molecule has 2 saturated heterocycles. The van der Waals surface area contributed by atoms with Crippen molar-refractivity contribution >= 4 is 17.3 Å². The molecule has 1 aromatic rings. The first-order valence-electron chi connectivity index (χ1n) is 7.37. The summed E-state index contributed by atoms with van der Waals surface area (Å²) >= 11 is 0. The number of anilines is 2. The van der Waals surface area contributed by atoms with Crippen molar-refractivity contribution in [3.05, 3.63) is 23.5 Å². The molecule has 2 aliphatic heterocycles. The van der Waals surface area contributed by atoms with Crippen molar-refractivity contribution in [2.24, 2.45) is 5.73 Å². The fourth-order valence-corrected chi connectivity index (χ4v) is 3.53. The number of halogens is 1. The molecule has 0 radical (unpaired) electrons. The van der Waals surface area contributed by atoms with Gasteiger partial charge in [-0.2, -0.15) is 0 Å². The first-order valence-corrected chi connectivity index (χ1v) is 7.37. The second-order valence-corrected chi connectivity index (χ2v) is 6.05. The number of nitrogens with two attached hydrogens (primary N) is 2. The number of piperazine rings is 1. The van der Waals surface area contributed by atoms with Gasteiger partial charge in [0.05, 0.1) is 11.3 Å². The van der Waals surface area contributed by atoms with Crippen LogP contribution in [0.1, 0.15) is 30.1 Å². The molecule has 0 spiro atoms. The van der Waals surface area contributed by atoms with Crippen LogP contribution in [-0.4, -0.2) is 42.5 Å². The van der Waals surface area contributed by atoms with Gasteiger partial charge in [0.25, 0.3) is 5.91 Å². The first kappa shape index (κ1) is 14.1. The van der Waals surface area contributed by atoms with Gasteiger partial charge in [0.1, 0.15) is 5.82 Å². The lowest BCUT2D eigenvalue weighted by Crippen LogP contribution is -2.55. The van der Waals surface area contributed by atoms with Crippen LogP contribution in [0.5, 0.6) is 0 Å². The van der Waals surface area contributed by atoms with Crippen LogP contribution in [0.3, 0.4) is 0 Å². The topological polar surface area (TPSA) is 75.6 Å². The van der Waals surface area contributed by atoms with Crippen LogP contribution in [0.2, 0.25) is 0 Å². The first-order chi connectivity index (χ1) is 9.97. The molecule has 5 nitrogen and oxygen atoms in total. The predicted molar refractivity (Wildman–Crippen MR) is 80.7 cm³/mol. The van der Waals surface area contributed by atoms with Crippen LogP contribution in [0.25, 0.3) is 0 Å². The molecule has 6 heteroatoms. The highest BCUT2D eigenvalue weighted by Gasteiger charge is 2.35. The molecule has 0 saturated carbocycles. The Balaban J connectivity index is 1.95. The maximum absolute atomic E-state index is 14.3. The molecule has 114 valence electrons. The highest BCUT2D eigenvalue weighted by Crippen LogP contribution is 2.32. The average molecular weight is 292 g/mol. The number of primary amides is 1. The highest BCUT2D eigenvalue weighted by molar-refractivity contribution is 5.99. The normalized spacial score (nSPS) is 25.9. The van der Waals surface area contributed by atoms with Gasteiger partial charge in [0, 0.05) is 30.9 Å². The summed E-state index contributed by atoms with van der Waals surface area (Å²) in [7, 11) is 0. The maximum Gasteiger partial charge on any atom is 0.250 e. The van der Waals surface area contributed by atoms with Crippen LogP contribution in [0.15, 0.2) is 12.1 Å². The van der Waals surface area contributed by atoms with Crippen molar-refractivity contribution in [1.29, 1.82) is 0 Å². The van der Waals surface area contributed by atoms with Crippen molar-refractivity contribution in [1.82, 2.24) is 4.90 Å². The van der Waals surface area contributed by atoms with Gasteiger partial charge in [-0.15, -0.1) is 0 Å². The zero-order valence-corrected chi connectivity index (χ0v) is 12.2. The van der Waals surface area contributed by atoms with Crippen LogP contribution in [0, 0.1) is 5.82 Å². The van der Waals surface area contributed by atoms with Crippen LogP contribution in [-0.2, 0) is 0 Å². The number of amides is 1. The Kier molecular flexibility index (Phi) is 3.49. The molecule has 0 aromatic heterocycles. The third-order valence-corrected chi connectivity index (χ3v) is 4.63. The van der Waals surface area contributed by atoms with Crippen molar-refractivity contribution in [2.45, 2.75) is 31.8 Å². The van der Waals surface area contributed by atoms with Crippen LogP contribution in [0.4, 0.5) is 15.8 Å². The second-order valence-electron chi connectivity index (χ2n) is 6.05. The van der Waals surface area contributed by atoms with Gasteiger partial charge < -0.3 is 16.4 Å². The quantitative estimate of drug-likeness (QED) is 0.803. The van der Waals surface area contributed by atoms with Gasteiger partial charge in [0.15, 0.2) is 0 Å². The molecule has 2 unspecified atom stereocenters. The summed E-state index contributed by atoms with van der Waals surface area (Å²) in [4.78, 5) is 15.9. The van der Waals surface area contributed by atoms with E-state index in [-0.39, 0.29) is 17.3 Å². The molecule has 4 N–H and O–H groups in total. The monoisotopic (exact) mass is 292 g/mol. The van der Waals surface area contributed by atoms with E-state index in [4.69, 9.17) is 11.5 Å². The number of benzene rings is 1. The Bertz CT molecular complexity index is 577. The van der Waals surface area contributed by atoms with Crippen molar-refractivity contribution in [2.75, 3.05) is 30.3 Å². The molecular formula is C15H21FN4O. The smallest absolute Gasteiger partial charge is 0.250 e. The molecule has 2 aliphatic rings. The van der Waals surface area contributed by atoms with Crippen LogP contribution < -0.4 is 16.4 Å². The summed E-state index contributed by atoms with van der Waals surface area (Å²) < 4.78 is 14.3. The predicted octanol–water partition coefficient (Wildman–Crippen LogP) is 1.18. The second kappa shape index (κ2) is 5.18. The summed E-state index contributed by atoms with van der Waals surface area (Å²) in [6.45, 7) is 4.90. The van der Waals surface area contributed by atoms with E-state index in [2.05, 4.69) is 11.8 Å². The summed E-state index contributed by atoms with van der Waals surface area (Å²) in [5.41, 5.74) is 11.7. The number of rotatable bonds is 2. The number of carbonyl (C=O) groups excluding carboxylic acids is 1. The number of fused-ring (bicyclic) bond motifs is 1. The molecule has 1 amide bonds. The Labute approximate surface area is 123 Å². The van der Waals surface area contributed by atoms with Gasteiger partial charge in [-0.1, -0.05) is 0 Å². The summed E-state index contributed by atoms with van der Waals surface area (Å²) in [5, 5.41) is 0. The molecule has 2 fully saturated rings. The van der Waals surface area contributed by atoms with E-state index in [1.807, 2.05) is 4.90 Å². The van der Waals surface area contributed by atoms with E-state index in [1.165, 1.54) is 18.6 Å². The fourth-order valence-electron chi connectivity index (χ4n) is 3.53. The minimum Gasteiger partial charge on any atom is -0.398 e. The summed E-state index contributed by atoms with van der Waals surface area (Å²) in [5.74, 6) is -1.02. The molecule has 3 rings (SSSR count). The zero-order chi connectivity index (χ0) is 15.1. The van der Waals surface area contributed by atoms with E-state index in [9.17, 15) is 9.18 Å². The van der Waals surface area contributed by atoms with Gasteiger partial charge >= 0.3 is 0 Å². The highest BCUT2D eigenvalue weighted by atomic mass is 19.1. The van der Waals surface area contributed by atoms with E-state index in [1.54, 1.807) is 0 Å². The van der Waals surface area contributed by atoms with E-state index >= 15 is 0 Å². The van der Waals surface area contributed by atoms with Gasteiger partial charge in [-0.05, 0) is 38.4 Å². The maximum atomic E-state index is 14.3.